The average molecular weight is 451 g/mol. The first-order valence-electron chi connectivity index (χ1n) is 9.33. The van der Waals surface area contributed by atoms with Crippen LogP contribution in [0.1, 0.15) is 37.9 Å². The van der Waals surface area contributed by atoms with Crippen molar-refractivity contribution in [3.63, 3.8) is 0 Å². The van der Waals surface area contributed by atoms with Gasteiger partial charge in [0.25, 0.3) is 0 Å². The van der Waals surface area contributed by atoms with Crippen LogP contribution in [0.2, 0.25) is 0 Å². The van der Waals surface area contributed by atoms with Gasteiger partial charge in [-0.15, -0.1) is 0 Å². The van der Waals surface area contributed by atoms with Gasteiger partial charge in [0, 0.05) is 23.8 Å². The lowest BCUT2D eigenvalue weighted by Crippen LogP contribution is -2.42. The molecular formula is C20H20F3N5O2S. The number of aromatic nitrogens is 3. The summed E-state index contributed by atoms with van der Waals surface area (Å²) in [7, 11) is -4.43. The summed E-state index contributed by atoms with van der Waals surface area (Å²) in [5.74, 6) is 0. The van der Waals surface area contributed by atoms with Gasteiger partial charge in [-0.2, -0.15) is 23.2 Å². The second kappa shape index (κ2) is 7.94. The molecule has 0 aliphatic rings. The van der Waals surface area contributed by atoms with E-state index in [1.54, 1.807) is 10.9 Å². The smallest absolute Gasteiger partial charge is 0.320 e. The molecule has 0 radical (unpaired) electrons. The van der Waals surface area contributed by atoms with Gasteiger partial charge in [-0.3, -0.25) is 4.98 Å². The first kappa shape index (κ1) is 22.7. The molecule has 3 aromatic heterocycles. The van der Waals surface area contributed by atoms with E-state index in [9.17, 15) is 26.9 Å². The summed E-state index contributed by atoms with van der Waals surface area (Å²) in [5, 5.41) is 10.4. The number of pyridine rings is 2. The Morgan fingerprint density at radius 3 is 2.35 bits per heavy atom. The van der Waals surface area contributed by atoms with Crippen molar-refractivity contribution in [2.24, 2.45) is 0 Å². The van der Waals surface area contributed by atoms with E-state index in [2.05, 4.69) is 16.0 Å². The molecule has 7 nitrogen and oxygen atoms in total. The van der Waals surface area contributed by atoms with Crippen LogP contribution < -0.4 is 4.72 Å². The molecule has 0 amide bonds. The van der Waals surface area contributed by atoms with Crippen LogP contribution in [-0.2, 0) is 10.0 Å². The number of nitrogens with zero attached hydrogens (tertiary/aromatic N) is 4. The quantitative estimate of drug-likeness (QED) is 0.630. The van der Waals surface area contributed by atoms with Crippen LogP contribution in [0.25, 0.3) is 22.4 Å². The fourth-order valence-corrected chi connectivity index (χ4v) is 4.38. The van der Waals surface area contributed by atoms with E-state index in [0.29, 0.717) is 34.9 Å². The molecule has 3 aromatic rings. The predicted octanol–water partition coefficient (Wildman–Crippen LogP) is 4.09. The molecule has 1 atom stereocenters. The van der Waals surface area contributed by atoms with Crippen LogP contribution in [-0.4, -0.2) is 35.2 Å². The number of nitrogens with one attached hydrogen (secondary N) is 1. The number of halogens is 3. The Hall–Kier alpha value is -2.97. The number of aryl methyl sites for hydroxylation is 1. The van der Waals surface area contributed by atoms with E-state index >= 15 is 0 Å². The summed E-state index contributed by atoms with van der Waals surface area (Å²) < 4.78 is 66.2. The molecular weight excluding hydrogens is 431 g/mol. The zero-order valence-electron chi connectivity index (χ0n) is 17.2. The van der Waals surface area contributed by atoms with Crippen molar-refractivity contribution in [2.75, 3.05) is 0 Å². The summed E-state index contributed by atoms with van der Waals surface area (Å²) in [6.07, 6.45) is -2.06. The van der Waals surface area contributed by atoms with Crippen molar-refractivity contribution in [1.29, 1.82) is 5.26 Å². The number of hydrogen-bond acceptors (Lipinski definition) is 5. The zero-order valence-corrected chi connectivity index (χ0v) is 18.0. The third-order valence-corrected chi connectivity index (χ3v) is 6.24. The van der Waals surface area contributed by atoms with E-state index in [0.717, 1.165) is 17.8 Å². The van der Waals surface area contributed by atoms with E-state index in [-0.39, 0.29) is 6.04 Å². The number of sulfonamides is 1. The maximum atomic E-state index is 12.7. The molecule has 1 N–H and O–H groups in total. The van der Waals surface area contributed by atoms with Crippen LogP contribution >= 0.6 is 0 Å². The highest BCUT2D eigenvalue weighted by Gasteiger charge is 2.39. The number of alkyl halides is 3. The van der Waals surface area contributed by atoms with Crippen LogP contribution in [0.4, 0.5) is 13.2 Å². The molecule has 3 heterocycles. The van der Waals surface area contributed by atoms with Gasteiger partial charge < -0.3 is 4.57 Å². The molecule has 164 valence electrons. The lowest BCUT2D eigenvalue weighted by Gasteiger charge is -2.17. The van der Waals surface area contributed by atoms with E-state index in [4.69, 9.17) is 0 Å². The minimum Gasteiger partial charge on any atom is -0.320 e. The highest BCUT2D eigenvalue weighted by molar-refractivity contribution is 7.89. The molecule has 0 saturated carbocycles. The molecule has 0 bridgehead atoms. The second-order valence-electron chi connectivity index (χ2n) is 7.45. The maximum Gasteiger partial charge on any atom is 0.404 e. The van der Waals surface area contributed by atoms with Gasteiger partial charge in [-0.05, 0) is 51.5 Å². The SMILES string of the molecule is Cc1cnc2c(c1)c(C#N)c(-c1ccc(S(=O)(=O)N[C@@H](C)C(F)(F)F)cn1)n2C(C)C. The average Bonchev–Trinajstić information content (AvgIpc) is 3.00. The third-order valence-electron chi connectivity index (χ3n) is 4.72. The standard InChI is InChI=1S/C20H20F3N5O2S/c1-11(2)28-18(16(8-24)15-7-12(3)9-26-19(15)28)17-6-5-14(10-25-17)31(29,30)27-13(4)20(21,22)23/h5-7,9-11,13,27H,1-4H3/t13-/m0/s1. The zero-order chi connectivity index (χ0) is 23.1. The molecule has 0 aromatic carbocycles. The fraction of sp³-hybridized carbons (Fsp3) is 0.350. The van der Waals surface area contributed by atoms with Crippen LogP contribution in [0.15, 0.2) is 35.5 Å². The molecule has 31 heavy (non-hydrogen) atoms. The number of hydrogen-bond donors (Lipinski definition) is 1. The van der Waals surface area contributed by atoms with E-state index in [1.807, 2.05) is 31.4 Å². The lowest BCUT2D eigenvalue weighted by molar-refractivity contribution is -0.147. The summed E-state index contributed by atoms with van der Waals surface area (Å²) >= 11 is 0. The van der Waals surface area contributed by atoms with Crippen molar-refractivity contribution in [2.45, 2.75) is 50.9 Å². The lowest BCUT2D eigenvalue weighted by atomic mass is 10.1. The molecule has 0 saturated heterocycles. The molecule has 0 spiro atoms. The van der Waals surface area contributed by atoms with Gasteiger partial charge in [0.2, 0.25) is 10.0 Å². The second-order valence-corrected chi connectivity index (χ2v) is 9.16. The normalized spacial score (nSPS) is 13.5. The van der Waals surface area contributed by atoms with E-state index < -0.39 is 27.1 Å². The topological polar surface area (TPSA) is 101 Å². The van der Waals surface area contributed by atoms with Gasteiger partial charge in [-0.25, -0.2) is 13.4 Å². The fourth-order valence-electron chi connectivity index (χ4n) is 3.21. The van der Waals surface area contributed by atoms with Crippen LogP contribution in [0.5, 0.6) is 0 Å². The monoisotopic (exact) mass is 451 g/mol. The first-order valence-corrected chi connectivity index (χ1v) is 10.8. The molecule has 11 heteroatoms. The number of rotatable bonds is 5. The third kappa shape index (κ3) is 4.26. The van der Waals surface area contributed by atoms with Crippen molar-refractivity contribution in [3.8, 4) is 17.5 Å². The van der Waals surface area contributed by atoms with Gasteiger partial charge >= 0.3 is 6.18 Å². The predicted molar refractivity (Wildman–Crippen MR) is 109 cm³/mol. The summed E-state index contributed by atoms with van der Waals surface area (Å²) in [6, 6.07) is 4.20. The summed E-state index contributed by atoms with van der Waals surface area (Å²) in [4.78, 5) is 8.18. The molecule has 0 aliphatic carbocycles. The highest BCUT2D eigenvalue weighted by Crippen LogP contribution is 2.35. The number of nitriles is 1. The first-order chi connectivity index (χ1) is 14.4. The minimum absolute atomic E-state index is 0.0886. The Morgan fingerprint density at radius 2 is 1.84 bits per heavy atom. The minimum atomic E-state index is -4.72. The van der Waals surface area contributed by atoms with Gasteiger partial charge in [0.05, 0.1) is 17.0 Å². The van der Waals surface area contributed by atoms with Crippen molar-refractivity contribution in [1.82, 2.24) is 19.3 Å². The Balaban J connectivity index is 2.11. The molecule has 0 unspecified atom stereocenters. The van der Waals surface area contributed by atoms with Crippen molar-refractivity contribution < 1.29 is 21.6 Å². The Bertz CT molecular complexity index is 1270. The van der Waals surface area contributed by atoms with Crippen molar-refractivity contribution in [3.05, 3.63) is 41.7 Å². The highest BCUT2D eigenvalue weighted by atomic mass is 32.2. The Kier molecular flexibility index (Phi) is 5.82. The maximum absolute atomic E-state index is 12.7. The van der Waals surface area contributed by atoms with Crippen molar-refractivity contribution >= 4 is 21.1 Å². The van der Waals surface area contributed by atoms with Crippen LogP contribution in [0.3, 0.4) is 0 Å². The summed E-state index contributed by atoms with van der Waals surface area (Å²) in [6.45, 7) is 6.39. The summed E-state index contributed by atoms with van der Waals surface area (Å²) in [5.41, 5.74) is 2.57. The molecule has 0 aliphatic heterocycles. The molecule has 3 rings (SSSR count). The Labute approximate surface area is 177 Å². The molecule has 0 fully saturated rings. The van der Waals surface area contributed by atoms with Gasteiger partial charge in [-0.1, -0.05) is 0 Å². The largest absolute Gasteiger partial charge is 0.404 e. The van der Waals surface area contributed by atoms with Gasteiger partial charge in [0.1, 0.15) is 22.7 Å². The van der Waals surface area contributed by atoms with E-state index in [1.165, 1.54) is 6.07 Å². The Morgan fingerprint density at radius 1 is 1.16 bits per heavy atom. The van der Waals surface area contributed by atoms with Crippen LogP contribution in [0, 0.1) is 18.3 Å². The number of fused-ring (bicyclic) bond motifs is 1. The van der Waals surface area contributed by atoms with Gasteiger partial charge in [0.15, 0.2) is 0 Å².